The number of nitrogens with zero attached hydrogens (tertiary/aromatic N) is 1. The predicted octanol–water partition coefficient (Wildman–Crippen LogP) is 3.26. The quantitative estimate of drug-likeness (QED) is 0.615. The second-order valence-electron chi connectivity index (χ2n) is 2.86. The number of methoxy groups -OCH3 is 1. The minimum atomic E-state index is -2.67. The molecule has 0 aromatic carbocycles. The minimum Gasteiger partial charge on any atom is -0.469 e. The molecule has 1 aromatic heterocycles. The molecule has 3 nitrogen and oxygen atoms in total. The first-order valence-corrected chi connectivity index (χ1v) is 5.74. The van der Waals surface area contributed by atoms with Crippen molar-refractivity contribution in [1.82, 2.24) is 4.98 Å². The Hall–Kier alpha value is -0.560. The third-order valence-electron chi connectivity index (χ3n) is 1.86. The summed E-state index contributed by atoms with van der Waals surface area (Å²) in [5.74, 6) is -0.591. The van der Waals surface area contributed by atoms with Gasteiger partial charge in [-0.05, 0) is 37.9 Å². The van der Waals surface area contributed by atoms with Gasteiger partial charge in [0.15, 0.2) is 0 Å². The van der Waals surface area contributed by atoms with E-state index in [1.165, 1.54) is 13.2 Å². The molecule has 0 unspecified atom stereocenters. The van der Waals surface area contributed by atoms with Gasteiger partial charge in [0, 0.05) is 11.1 Å². The van der Waals surface area contributed by atoms with Crippen molar-refractivity contribution in [3.63, 3.8) is 0 Å². The number of halogens is 4. The lowest BCUT2D eigenvalue weighted by molar-refractivity contribution is -0.139. The lowest BCUT2D eigenvalue weighted by Gasteiger charge is -2.10. The van der Waals surface area contributed by atoms with Crippen molar-refractivity contribution in [3.05, 3.63) is 26.4 Å². The van der Waals surface area contributed by atoms with Gasteiger partial charge in [0.05, 0.1) is 13.5 Å². The van der Waals surface area contributed by atoms with Crippen molar-refractivity contribution >= 4 is 37.8 Å². The van der Waals surface area contributed by atoms with Crippen molar-refractivity contribution in [1.29, 1.82) is 0 Å². The zero-order valence-corrected chi connectivity index (χ0v) is 11.3. The van der Waals surface area contributed by atoms with Gasteiger partial charge in [-0.15, -0.1) is 0 Å². The molecular formula is C9H7Br2F2NO2. The molecule has 0 fully saturated rings. The van der Waals surface area contributed by atoms with E-state index in [1.54, 1.807) is 0 Å². The second kappa shape index (κ2) is 5.67. The van der Waals surface area contributed by atoms with Gasteiger partial charge in [-0.3, -0.25) is 4.79 Å². The molecular weight excluding hydrogens is 352 g/mol. The standard InChI is InChI=1S/C9H7Br2F2NO2/c1-16-7(15)3-4-5(9(12)13)2-6(10)14-8(4)11/h2,9H,3H2,1H3. The Labute approximate surface area is 107 Å². The summed E-state index contributed by atoms with van der Waals surface area (Å²) in [6, 6.07) is 1.19. The summed E-state index contributed by atoms with van der Waals surface area (Å²) in [6.07, 6.45) is -2.91. The number of rotatable bonds is 3. The van der Waals surface area contributed by atoms with Gasteiger partial charge in [-0.2, -0.15) is 0 Å². The fourth-order valence-corrected chi connectivity index (χ4v) is 2.34. The maximum atomic E-state index is 12.7. The molecule has 0 amide bonds. The fraction of sp³-hybridized carbons (Fsp3) is 0.333. The molecule has 0 atom stereocenters. The van der Waals surface area contributed by atoms with E-state index in [4.69, 9.17) is 0 Å². The van der Waals surface area contributed by atoms with E-state index in [0.717, 1.165) is 0 Å². The molecule has 0 spiro atoms. The van der Waals surface area contributed by atoms with Crippen LogP contribution in [0.25, 0.3) is 0 Å². The Morgan fingerprint density at radius 1 is 1.56 bits per heavy atom. The molecule has 88 valence electrons. The van der Waals surface area contributed by atoms with Crippen molar-refractivity contribution < 1.29 is 18.3 Å². The highest BCUT2D eigenvalue weighted by molar-refractivity contribution is 9.11. The molecule has 0 N–H and O–H groups in total. The number of alkyl halides is 2. The average Bonchev–Trinajstić information content (AvgIpc) is 2.20. The number of pyridine rings is 1. The molecule has 0 saturated heterocycles. The first kappa shape index (κ1) is 13.5. The van der Waals surface area contributed by atoms with Crippen molar-refractivity contribution in [3.8, 4) is 0 Å². The predicted molar refractivity (Wildman–Crippen MR) is 60.3 cm³/mol. The van der Waals surface area contributed by atoms with Crippen LogP contribution in [-0.2, 0) is 16.0 Å². The van der Waals surface area contributed by atoms with Gasteiger partial charge in [0.2, 0.25) is 0 Å². The van der Waals surface area contributed by atoms with Gasteiger partial charge in [-0.1, -0.05) is 0 Å². The number of hydrogen-bond donors (Lipinski definition) is 0. The third kappa shape index (κ3) is 3.21. The van der Waals surface area contributed by atoms with Crippen LogP contribution < -0.4 is 0 Å². The number of carbonyl (C=O) groups excluding carboxylic acids is 1. The molecule has 0 aliphatic heterocycles. The molecule has 1 rings (SSSR count). The second-order valence-corrected chi connectivity index (χ2v) is 4.42. The minimum absolute atomic E-state index is 0.144. The van der Waals surface area contributed by atoms with Crippen LogP contribution in [0.2, 0.25) is 0 Å². The average molecular weight is 359 g/mol. The highest BCUT2D eigenvalue weighted by Crippen LogP contribution is 2.30. The van der Waals surface area contributed by atoms with Gasteiger partial charge in [-0.25, -0.2) is 13.8 Å². The largest absolute Gasteiger partial charge is 0.469 e. The summed E-state index contributed by atoms with van der Waals surface area (Å²) in [7, 11) is 1.20. The fourth-order valence-electron chi connectivity index (χ4n) is 1.11. The van der Waals surface area contributed by atoms with E-state index >= 15 is 0 Å². The van der Waals surface area contributed by atoms with Crippen molar-refractivity contribution in [2.45, 2.75) is 12.8 Å². The molecule has 0 aliphatic carbocycles. The van der Waals surface area contributed by atoms with Crippen LogP contribution in [0.5, 0.6) is 0 Å². The molecule has 1 aromatic rings. The molecule has 0 saturated carbocycles. The Balaban J connectivity index is 3.19. The summed E-state index contributed by atoms with van der Waals surface area (Å²) >= 11 is 6.05. The molecule has 16 heavy (non-hydrogen) atoms. The van der Waals surface area contributed by atoms with E-state index in [-0.39, 0.29) is 26.8 Å². The molecule has 0 radical (unpaired) electrons. The van der Waals surface area contributed by atoms with Gasteiger partial charge in [0.1, 0.15) is 9.21 Å². The van der Waals surface area contributed by atoms with Gasteiger partial charge < -0.3 is 4.74 Å². The highest BCUT2D eigenvalue weighted by Gasteiger charge is 2.20. The number of carbonyl (C=O) groups is 1. The normalized spacial score (nSPS) is 10.6. The van der Waals surface area contributed by atoms with Gasteiger partial charge >= 0.3 is 5.97 Å². The Morgan fingerprint density at radius 3 is 2.69 bits per heavy atom. The van der Waals surface area contributed by atoms with Crippen LogP contribution in [0, 0.1) is 0 Å². The molecule has 0 aliphatic rings. The van der Waals surface area contributed by atoms with E-state index < -0.39 is 12.4 Å². The zero-order chi connectivity index (χ0) is 12.3. The first-order chi connectivity index (χ1) is 7.45. The molecule has 1 heterocycles. The van der Waals surface area contributed by atoms with Gasteiger partial charge in [0.25, 0.3) is 6.43 Å². The lowest BCUT2D eigenvalue weighted by atomic mass is 10.1. The highest BCUT2D eigenvalue weighted by atomic mass is 79.9. The number of aromatic nitrogens is 1. The number of hydrogen-bond acceptors (Lipinski definition) is 3. The van der Waals surface area contributed by atoms with Crippen molar-refractivity contribution in [2.24, 2.45) is 0 Å². The van der Waals surface area contributed by atoms with Crippen LogP contribution >= 0.6 is 31.9 Å². The van der Waals surface area contributed by atoms with Crippen LogP contribution in [-0.4, -0.2) is 18.1 Å². The summed E-state index contributed by atoms with van der Waals surface area (Å²) in [5.41, 5.74) is -0.0933. The Morgan fingerprint density at radius 2 is 2.19 bits per heavy atom. The third-order valence-corrected chi connectivity index (χ3v) is 2.92. The SMILES string of the molecule is COC(=O)Cc1c(C(F)F)cc(Br)nc1Br. The summed E-state index contributed by atoms with van der Waals surface area (Å²) in [4.78, 5) is 15.0. The lowest BCUT2D eigenvalue weighted by Crippen LogP contribution is -2.09. The monoisotopic (exact) mass is 357 g/mol. The number of esters is 1. The topological polar surface area (TPSA) is 39.2 Å². The maximum absolute atomic E-state index is 12.7. The molecule has 7 heteroatoms. The summed E-state index contributed by atoms with van der Waals surface area (Å²) in [6.45, 7) is 0. The maximum Gasteiger partial charge on any atom is 0.310 e. The van der Waals surface area contributed by atoms with E-state index in [0.29, 0.717) is 0 Å². The Kier molecular flexibility index (Phi) is 4.79. The van der Waals surface area contributed by atoms with Crippen LogP contribution in [0.3, 0.4) is 0 Å². The smallest absolute Gasteiger partial charge is 0.310 e. The summed E-state index contributed by atoms with van der Waals surface area (Å²) in [5, 5.41) is 0. The van der Waals surface area contributed by atoms with E-state index in [1.807, 2.05) is 0 Å². The molecule has 0 bridgehead atoms. The first-order valence-electron chi connectivity index (χ1n) is 4.15. The van der Waals surface area contributed by atoms with E-state index in [9.17, 15) is 13.6 Å². The van der Waals surface area contributed by atoms with Crippen LogP contribution in [0.1, 0.15) is 17.6 Å². The van der Waals surface area contributed by atoms with Crippen molar-refractivity contribution in [2.75, 3.05) is 7.11 Å². The zero-order valence-electron chi connectivity index (χ0n) is 8.14. The Bertz CT molecular complexity index is 413. The van der Waals surface area contributed by atoms with E-state index in [2.05, 4.69) is 41.6 Å². The van der Waals surface area contributed by atoms with Crippen LogP contribution in [0.15, 0.2) is 15.3 Å². The van der Waals surface area contributed by atoms with Crippen LogP contribution in [0.4, 0.5) is 8.78 Å². The summed E-state index contributed by atoms with van der Waals surface area (Å²) < 4.78 is 30.4. The number of ether oxygens (including phenoxy) is 1.